The third kappa shape index (κ3) is 4.52. The zero-order chi connectivity index (χ0) is 19.1. The van der Waals surface area contributed by atoms with Crippen LogP contribution in [0.5, 0.6) is 11.5 Å². The van der Waals surface area contributed by atoms with Crippen LogP contribution in [0, 0.1) is 0 Å². The first kappa shape index (κ1) is 20.2. The van der Waals surface area contributed by atoms with E-state index in [2.05, 4.69) is 12.2 Å². The van der Waals surface area contributed by atoms with Gasteiger partial charge in [0, 0.05) is 23.1 Å². The van der Waals surface area contributed by atoms with Crippen LogP contribution >= 0.6 is 11.8 Å². The summed E-state index contributed by atoms with van der Waals surface area (Å²) in [5.41, 5.74) is 2.04. The molecule has 0 unspecified atom stereocenters. The van der Waals surface area contributed by atoms with E-state index >= 15 is 0 Å². The fourth-order valence-electron chi connectivity index (χ4n) is 2.66. The Balaban J connectivity index is 2.51. The lowest BCUT2D eigenvalue weighted by Gasteiger charge is -2.26. The SMILES string of the molecule is CCCSC1=N[C@@H](c2ccc(OC)cc2OC)C(C(=O)OCC)=C(C)N1. The summed E-state index contributed by atoms with van der Waals surface area (Å²) < 4.78 is 16.1. The number of nitrogens with zero attached hydrogens (tertiary/aromatic N) is 1. The number of amidine groups is 1. The molecule has 0 aliphatic carbocycles. The van der Waals surface area contributed by atoms with Crippen LogP contribution in [0.15, 0.2) is 34.5 Å². The molecule has 0 bridgehead atoms. The zero-order valence-corrected chi connectivity index (χ0v) is 16.7. The number of nitrogens with one attached hydrogen (secondary N) is 1. The van der Waals surface area contributed by atoms with E-state index in [1.807, 2.05) is 19.1 Å². The monoisotopic (exact) mass is 378 g/mol. The summed E-state index contributed by atoms with van der Waals surface area (Å²) in [5.74, 6) is 1.88. The molecular formula is C19H26N2O4S. The molecule has 26 heavy (non-hydrogen) atoms. The molecule has 7 heteroatoms. The predicted octanol–water partition coefficient (Wildman–Crippen LogP) is 3.68. The average molecular weight is 378 g/mol. The van der Waals surface area contributed by atoms with Crippen molar-refractivity contribution in [1.82, 2.24) is 5.32 Å². The van der Waals surface area contributed by atoms with Crippen molar-refractivity contribution in [2.24, 2.45) is 4.99 Å². The van der Waals surface area contributed by atoms with E-state index in [1.54, 1.807) is 39.0 Å². The van der Waals surface area contributed by atoms with Gasteiger partial charge in [0.2, 0.25) is 0 Å². The zero-order valence-electron chi connectivity index (χ0n) is 15.9. The van der Waals surface area contributed by atoms with E-state index in [0.29, 0.717) is 23.7 Å². The van der Waals surface area contributed by atoms with Crippen molar-refractivity contribution in [3.63, 3.8) is 0 Å². The number of benzene rings is 1. The number of hydrogen-bond acceptors (Lipinski definition) is 7. The molecule has 1 heterocycles. The second-order valence-electron chi connectivity index (χ2n) is 5.68. The van der Waals surface area contributed by atoms with E-state index in [4.69, 9.17) is 19.2 Å². The second-order valence-corrected chi connectivity index (χ2v) is 6.76. The Labute approximate surface area is 159 Å². The highest BCUT2D eigenvalue weighted by Gasteiger charge is 2.32. The number of esters is 1. The summed E-state index contributed by atoms with van der Waals surface area (Å²) >= 11 is 1.63. The van der Waals surface area contributed by atoms with Crippen molar-refractivity contribution in [2.45, 2.75) is 33.2 Å². The molecule has 1 N–H and O–H groups in total. The van der Waals surface area contributed by atoms with Gasteiger partial charge in [0.25, 0.3) is 0 Å². The number of allylic oxidation sites excluding steroid dienone is 1. The van der Waals surface area contributed by atoms with Crippen LogP contribution in [-0.4, -0.2) is 37.7 Å². The molecule has 1 aromatic rings. The number of methoxy groups -OCH3 is 2. The van der Waals surface area contributed by atoms with E-state index < -0.39 is 6.04 Å². The summed E-state index contributed by atoms with van der Waals surface area (Å²) in [7, 11) is 3.20. The van der Waals surface area contributed by atoms with Crippen molar-refractivity contribution >= 4 is 22.9 Å². The standard InChI is InChI=1S/C19H26N2O4S/c1-6-10-26-19-20-12(3)16(18(22)25-7-2)17(21-19)14-9-8-13(23-4)11-15(14)24-5/h8-9,11,17H,6-7,10H2,1-5H3,(H,20,21)/t17-/m0/s1. The quantitative estimate of drug-likeness (QED) is 0.730. The Hall–Kier alpha value is -2.15. The van der Waals surface area contributed by atoms with Gasteiger partial charge >= 0.3 is 5.97 Å². The number of carbonyl (C=O) groups is 1. The number of ether oxygens (including phenoxy) is 3. The van der Waals surface area contributed by atoms with Gasteiger partial charge in [-0.2, -0.15) is 0 Å². The molecule has 1 aromatic carbocycles. The van der Waals surface area contributed by atoms with Crippen LogP contribution in [0.3, 0.4) is 0 Å². The minimum absolute atomic E-state index is 0.309. The number of hydrogen-bond donors (Lipinski definition) is 1. The Morgan fingerprint density at radius 3 is 2.65 bits per heavy atom. The van der Waals surface area contributed by atoms with Crippen LogP contribution in [0.1, 0.15) is 38.8 Å². The summed E-state index contributed by atoms with van der Waals surface area (Å²) in [6.45, 7) is 6.09. The molecule has 6 nitrogen and oxygen atoms in total. The van der Waals surface area contributed by atoms with Crippen molar-refractivity contribution in [1.29, 1.82) is 0 Å². The van der Waals surface area contributed by atoms with Gasteiger partial charge in [0.05, 0.1) is 26.4 Å². The van der Waals surface area contributed by atoms with Crippen molar-refractivity contribution in [2.75, 3.05) is 26.6 Å². The number of rotatable bonds is 7. The minimum atomic E-state index is -0.490. The maximum atomic E-state index is 12.6. The highest BCUT2D eigenvalue weighted by atomic mass is 32.2. The molecule has 1 aliphatic rings. The van der Waals surface area contributed by atoms with Gasteiger partial charge in [-0.1, -0.05) is 18.7 Å². The van der Waals surface area contributed by atoms with Crippen molar-refractivity contribution in [3.8, 4) is 11.5 Å². The predicted molar refractivity (Wildman–Crippen MR) is 105 cm³/mol. The molecular weight excluding hydrogens is 352 g/mol. The first-order chi connectivity index (χ1) is 12.5. The van der Waals surface area contributed by atoms with Crippen LogP contribution in [-0.2, 0) is 9.53 Å². The third-order valence-corrected chi connectivity index (χ3v) is 4.98. The lowest BCUT2D eigenvalue weighted by Crippen LogP contribution is -2.30. The van der Waals surface area contributed by atoms with Crippen LogP contribution < -0.4 is 14.8 Å². The van der Waals surface area contributed by atoms with E-state index in [0.717, 1.165) is 28.6 Å². The summed E-state index contributed by atoms with van der Waals surface area (Å²) in [5, 5.41) is 4.02. The maximum absolute atomic E-state index is 12.6. The summed E-state index contributed by atoms with van der Waals surface area (Å²) in [6.07, 6.45) is 1.04. The Morgan fingerprint density at radius 2 is 2.04 bits per heavy atom. The topological polar surface area (TPSA) is 69.2 Å². The highest BCUT2D eigenvalue weighted by molar-refractivity contribution is 8.13. The maximum Gasteiger partial charge on any atom is 0.338 e. The molecule has 0 saturated carbocycles. The van der Waals surface area contributed by atoms with Crippen molar-refractivity contribution in [3.05, 3.63) is 35.0 Å². The van der Waals surface area contributed by atoms with E-state index in [1.165, 1.54) is 0 Å². The molecule has 0 radical (unpaired) electrons. The fourth-order valence-corrected chi connectivity index (χ4v) is 3.46. The van der Waals surface area contributed by atoms with Crippen LogP contribution in [0.2, 0.25) is 0 Å². The Bertz CT molecular complexity index is 715. The molecule has 1 aliphatic heterocycles. The largest absolute Gasteiger partial charge is 0.497 e. The van der Waals surface area contributed by atoms with Gasteiger partial charge in [0.15, 0.2) is 5.17 Å². The minimum Gasteiger partial charge on any atom is -0.497 e. The fraction of sp³-hybridized carbons (Fsp3) is 0.474. The molecule has 0 spiro atoms. The number of thioether (sulfide) groups is 1. The first-order valence-corrected chi connectivity index (χ1v) is 9.61. The molecule has 142 valence electrons. The number of carbonyl (C=O) groups excluding carboxylic acids is 1. The molecule has 2 rings (SSSR count). The van der Waals surface area contributed by atoms with Gasteiger partial charge < -0.3 is 19.5 Å². The lowest BCUT2D eigenvalue weighted by atomic mass is 9.95. The van der Waals surface area contributed by atoms with E-state index in [9.17, 15) is 4.79 Å². The third-order valence-electron chi connectivity index (χ3n) is 3.89. The highest BCUT2D eigenvalue weighted by Crippen LogP contribution is 2.39. The molecule has 1 atom stereocenters. The Kier molecular flexibility index (Phi) is 7.38. The first-order valence-electron chi connectivity index (χ1n) is 8.63. The molecule has 0 saturated heterocycles. The lowest BCUT2D eigenvalue weighted by molar-refractivity contribution is -0.138. The average Bonchev–Trinajstić information content (AvgIpc) is 2.65. The van der Waals surface area contributed by atoms with Gasteiger partial charge in [-0.05, 0) is 32.4 Å². The van der Waals surface area contributed by atoms with Crippen molar-refractivity contribution < 1.29 is 19.0 Å². The van der Waals surface area contributed by atoms with Gasteiger partial charge in [-0.3, -0.25) is 0 Å². The van der Waals surface area contributed by atoms with Crippen LogP contribution in [0.4, 0.5) is 0 Å². The Morgan fingerprint density at radius 1 is 1.27 bits per heavy atom. The summed E-state index contributed by atoms with van der Waals surface area (Å²) in [6, 6.07) is 5.03. The van der Waals surface area contributed by atoms with Gasteiger partial charge in [-0.15, -0.1) is 0 Å². The van der Waals surface area contributed by atoms with Crippen LogP contribution in [0.25, 0.3) is 0 Å². The molecule has 0 fully saturated rings. The summed E-state index contributed by atoms with van der Waals surface area (Å²) in [4.78, 5) is 17.4. The number of aliphatic imine (C=N–C) groups is 1. The second kappa shape index (κ2) is 9.52. The molecule has 0 aromatic heterocycles. The van der Waals surface area contributed by atoms with E-state index in [-0.39, 0.29) is 5.97 Å². The normalized spacial score (nSPS) is 16.7. The van der Waals surface area contributed by atoms with Gasteiger partial charge in [-0.25, -0.2) is 9.79 Å². The molecule has 0 amide bonds. The van der Waals surface area contributed by atoms with Gasteiger partial charge in [0.1, 0.15) is 17.5 Å². The smallest absolute Gasteiger partial charge is 0.338 e.